The summed E-state index contributed by atoms with van der Waals surface area (Å²) in [6, 6.07) is 22.2. The maximum Gasteiger partial charge on any atom is 0.313 e. The predicted molar refractivity (Wildman–Crippen MR) is 176 cm³/mol. The third-order valence-corrected chi connectivity index (χ3v) is 8.90. The van der Waals surface area contributed by atoms with Crippen LogP contribution < -0.4 is 4.74 Å². The van der Waals surface area contributed by atoms with Crippen LogP contribution in [0.5, 0.6) is 5.75 Å². The fourth-order valence-corrected chi connectivity index (χ4v) is 6.53. The van der Waals surface area contributed by atoms with E-state index < -0.39 is 5.92 Å². The van der Waals surface area contributed by atoms with Crippen molar-refractivity contribution in [3.63, 3.8) is 0 Å². The lowest BCUT2D eigenvalue weighted by atomic mass is 9.85. The second kappa shape index (κ2) is 13.9. The molecule has 1 aromatic heterocycles. The Labute approximate surface area is 260 Å². The Morgan fingerprint density at radius 3 is 2.52 bits per heavy atom. The van der Waals surface area contributed by atoms with Crippen LogP contribution in [-0.2, 0) is 22.6 Å². The van der Waals surface area contributed by atoms with E-state index in [-0.39, 0.29) is 12.6 Å². The molecule has 0 spiro atoms. The molecule has 42 heavy (non-hydrogen) atoms. The van der Waals surface area contributed by atoms with Crippen LogP contribution >= 0.6 is 23.8 Å². The summed E-state index contributed by atoms with van der Waals surface area (Å²) in [5, 5.41) is 1.49. The summed E-state index contributed by atoms with van der Waals surface area (Å²) < 4.78 is 14.2. The number of fused-ring (bicyclic) bond motifs is 3. The van der Waals surface area contributed by atoms with Gasteiger partial charge in [-0.2, -0.15) is 0 Å². The van der Waals surface area contributed by atoms with Gasteiger partial charge in [0.25, 0.3) is 0 Å². The zero-order valence-electron chi connectivity index (χ0n) is 24.8. The summed E-state index contributed by atoms with van der Waals surface area (Å²) in [4.78, 5) is 14.3. The molecule has 0 saturated heterocycles. The molecule has 4 nitrogen and oxygen atoms in total. The van der Waals surface area contributed by atoms with Crippen molar-refractivity contribution in [2.45, 2.75) is 84.2 Å². The summed E-state index contributed by atoms with van der Waals surface area (Å²) in [6.07, 6.45) is 6.89. The maximum atomic E-state index is 13.6. The lowest BCUT2D eigenvalue weighted by molar-refractivity contribution is -0.147. The molecule has 0 radical (unpaired) electrons. The number of aromatic nitrogens is 1. The number of rotatable bonds is 11. The quantitative estimate of drug-likeness (QED) is 0.0974. The van der Waals surface area contributed by atoms with Crippen LogP contribution in [0.15, 0.2) is 66.7 Å². The monoisotopic (exact) mass is 601 g/mol. The van der Waals surface area contributed by atoms with E-state index in [1.165, 1.54) is 18.4 Å². The van der Waals surface area contributed by atoms with Crippen molar-refractivity contribution in [2.24, 2.45) is 0 Å². The molecule has 1 heterocycles. The van der Waals surface area contributed by atoms with Crippen molar-refractivity contribution in [2.75, 3.05) is 6.61 Å². The standard InChI is InChI=1S/C36H40ClNO3S/c1-4-5-6-10-20-40-28-21-30-33-29(36(39)41-23-25-12-8-7-9-13-25)14-11-15-32(33)38(34(30)31(37)22-28)35(42)27-18-16-26(17-19-27)24(2)3/h7-9,12-13,16-19,21-22,24,29H,4-6,10-11,14-15,20,23H2,1-3H3. The second-order valence-electron chi connectivity index (χ2n) is 11.5. The molecule has 0 amide bonds. The van der Waals surface area contributed by atoms with Crippen LogP contribution in [0.25, 0.3) is 10.9 Å². The normalized spacial score (nSPS) is 14.6. The van der Waals surface area contributed by atoms with Crippen molar-refractivity contribution < 1.29 is 14.3 Å². The summed E-state index contributed by atoms with van der Waals surface area (Å²) in [7, 11) is 0. The first kappa shape index (κ1) is 30.3. The first-order valence-corrected chi connectivity index (χ1v) is 16.0. The number of ether oxygens (including phenoxy) is 2. The Morgan fingerprint density at radius 1 is 1.05 bits per heavy atom. The van der Waals surface area contributed by atoms with Gasteiger partial charge in [0.05, 0.1) is 23.1 Å². The van der Waals surface area contributed by atoms with Crippen LogP contribution in [0, 0.1) is 0 Å². The van der Waals surface area contributed by atoms with Gasteiger partial charge >= 0.3 is 5.97 Å². The molecule has 1 aliphatic carbocycles. The molecule has 1 unspecified atom stereocenters. The highest BCUT2D eigenvalue weighted by molar-refractivity contribution is 7.80. The van der Waals surface area contributed by atoms with Gasteiger partial charge in [0.2, 0.25) is 0 Å². The average Bonchev–Trinajstić information content (AvgIpc) is 3.35. The maximum absolute atomic E-state index is 13.6. The lowest BCUT2D eigenvalue weighted by Gasteiger charge is -2.23. The zero-order valence-corrected chi connectivity index (χ0v) is 26.4. The molecule has 0 fully saturated rings. The van der Waals surface area contributed by atoms with E-state index in [9.17, 15) is 4.79 Å². The zero-order chi connectivity index (χ0) is 29.6. The number of halogens is 1. The Bertz CT molecular complexity index is 1540. The predicted octanol–water partition coefficient (Wildman–Crippen LogP) is 9.76. The van der Waals surface area contributed by atoms with E-state index in [1.54, 1.807) is 0 Å². The lowest BCUT2D eigenvalue weighted by Crippen LogP contribution is -2.23. The summed E-state index contributed by atoms with van der Waals surface area (Å²) in [6.45, 7) is 7.45. The van der Waals surface area contributed by atoms with E-state index in [0.29, 0.717) is 22.5 Å². The largest absolute Gasteiger partial charge is 0.494 e. The fourth-order valence-electron chi connectivity index (χ4n) is 5.90. The molecule has 5 rings (SSSR count). The van der Waals surface area contributed by atoms with Gasteiger partial charge in [0.1, 0.15) is 17.3 Å². The van der Waals surface area contributed by atoms with Crippen molar-refractivity contribution in [1.29, 1.82) is 0 Å². The molecule has 6 heteroatoms. The molecular formula is C36H40ClNO3S. The van der Waals surface area contributed by atoms with Gasteiger partial charge in [-0.15, -0.1) is 0 Å². The highest BCUT2D eigenvalue weighted by Gasteiger charge is 2.35. The van der Waals surface area contributed by atoms with Crippen LogP contribution in [0.3, 0.4) is 0 Å². The van der Waals surface area contributed by atoms with Crippen LogP contribution in [0.2, 0.25) is 5.02 Å². The minimum atomic E-state index is -0.400. The third kappa shape index (κ3) is 6.58. The third-order valence-electron chi connectivity index (χ3n) is 8.19. The summed E-state index contributed by atoms with van der Waals surface area (Å²) in [5.41, 5.74) is 6.03. The molecule has 3 aromatic carbocycles. The topological polar surface area (TPSA) is 40.5 Å². The number of unbranched alkanes of at least 4 members (excludes halogenated alkanes) is 3. The highest BCUT2D eigenvalue weighted by atomic mass is 35.5. The highest BCUT2D eigenvalue weighted by Crippen LogP contribution is 2.44. The minimum Gasteiger partial charge on any atom is -0.494 e. The minimum absolute atomic E-state index is 0.215. The molecule has 0 aliphatic heterocycles. The number of esters is 1. The Balaban J connectivity index is 1.55. The smallest absolute Gasteiger partial charge is 0.313 e. The van der Waals surface area contributed by atoms with Crippen molar-refractivity contribution in [3.05, 3.63) is 99.7 Å². The molecule has 0 saturated carbocycles. The molecule has 220 valence electrons. The molecule has 1 atom stereocenters. The van der Waals surface area contributed by atoms with E-state index >= 15 is 0 Å². The van der Waals surface area contributed by atoms with Crippen LogP contribution in [0.4, 0.5) is 0 Å². The van der Waals surface area contributed by atoms with Gasteiger partial charge in [-0.1, -0.05) is 118 Å². The van der Waals surface area contributed by atoms with E-state index in [4.69, 9.17) is 33.3 Å². The van der Waals surface area contributed by atoms with Gasteiger partial charge in [-0.05, 0) is 54.4 Å². The van der Waals surface area contributed by atoms with Crippen LogP contribution in [0.1, 0.15) is 99.1 Å². The van der Waals surface area contributed by atoms with Crippen molar-refractivity contribution in [1.82, 2.24) is 4.57 Å². The number of carbonyl (C=O) groups excluding carboxylic acids is 1. The van der Waals surface area contributed by atoms with Gasteiger partial charge in [0, 0.05) is 22.7 Å². The van der Waals surface area contributed by atoms with Gasteiger partial charge in [-0.3, -0.25) is 4.79 Å². The fraction of sp³-hybridized carbons (Fsp3) is 0.389. The second-order valence-corrected chi connectivity index (χ2v) is 12.3. The number of hydrogen-bond acceptors (Lipinski definition) is 4. The molecule has 0 N–H and O–H groups in total. The Morgan fingerprint density at radius 2 is 1.81 bits per heavy atom. The van der Waals surface area contributed by atoms with Gasteiger partial charge < -0.3 is 14.0 Å². The van der Waals surface area contributed by atoms with E-state index in [1.807, 2.05) is 42.5 Å². The average molecular weight is 602 g/mol. The van der Waals surface area contributed by atoms with Crippen LogP contribution in [-0.4, -0.2) is 22.1 Å². The SMILES string of the molecule is CCCCCCOc1cc(Cl)c2c(c1)c1c(n2C(=S)c2ccc(C(C)C)cc2)CCCC1C(=O)OCc1ccccc1. The Kier molecular flexibility index (Phi) is 10.0. The van der Waals surface area contributed by atoms with Crippen molar-refractivity contribution >= 4 is 45.7 Å². The van der Waals surface area contributed by atoms with Gasteiger partial charge in [-0.25, -0.2) is 0 Å². The molecule has 0 bridgehead atoms. The number of thiocarbonyl (C=S) groups is 1. The Hall–Kier alpha value is -3.15. The van der Waals surface area contributed by atoms with E-state index in [0.717, 1.165) is 71.1 Å². The summed E-state index contributed by atoms with van der Waals surface area (Å²) >= 11 is 13.2. The number of carbonyl (C=O) groups is 1. The van der Waals surface area contributed by atoms with Gasteiger partial charge in [0.15, 0.2) is 0 Å². The molecular weight excluding hydrogens is 562 g/mol. The van der Waals surface area contributed by atoms with E-state index in [2.05, 4.69) is 49.6 Å². The number of hydrogen-bond donors (Lipinski definition) is 0. The summed E-state index contributed by atoms with van der Waals surface area (Å²) in [5.74, 6) is 0.541. The van der Waals surface area contributed by atoms with Crippen molar-refractivity contribution in [3.8, 4) is 5.75 Å². The first-order chi connectivity index (χ1) is 20.4. The molecule has 4 aromatic rings. The number of benzene rings is 3. The molecule has 1 aliphatic rings. The first-order valence-electron chi connectivity index (χ1n) is 15.2. The number of nitrogens with zero attached hydrogens (tertiary/aromatic N) is 1.